The van der Waals surface area contributed by atoms with Crippen molar-refractivity contribution in [1.82, 2.24) is 0 Å². The van der Waals surface area contributed by atoms with Crippen LogP contribution in [-0.4, -0.2) is 29.6 Å². The topological polar surface area (TPSA) is 63.6 Å². The molecule has 100 valence electrons. The molecular weight excluding hydrogens is 232 g/mol. The summed E-state index contributed by atoms with van der Waals surface area (Å²) < 4.78 is 5.37. The predicted molar refractivity (Wildman–Crippen MR) is 63.6 cm³/mol. The summed E-state index contributed by atoms with van der Waals surface area (Å²) in [6.45, 7) is 2.19. The van der Waals surface area contributed by atoms with Crippen LogP contribution in [0.1, 0.15) is 39.0 Å². The molecule has 1 unspecified atom stereocenters. The number of aliphatic hydroxyl groups is 1. The fraction of sp³-hybridized carbons (Fsp3) is 0.857. The van der Waals surface area contributed by atoms with E-state index in [4.69, 9.17) is 4.74 Å². The van der Waals surface area contributed by atoms with Crippen molar-refractivity contribution < 1.29 is 19.4 Å². The highest BCUT2D eigenvalue weighted by Crippen LogP contribution is 2.55. The summed E-state index contributed by atoms with van der Waals surface area (Å²) in [5, 5.41) is 10.2. The van der Waals surface area contributed by atoms with Crippen molar-refractivity contribution in [3.63, 3.8) is 0 Å². The van der Waals surface area contributed by atoms with E-state index in [1.165, 1.54) is 0 Å². The first-order valence-corrected chi connectivity index (χ1v) is 6.89. The van der Waals surface area contributed by atoms with Gasteiger partial charge in [0.05, 0.1) is 6.10 Å². The van der Waals surface area contributed by atoms with Crippen LogP contribution in [0, 0.1) is 23.2 Å². The molecule has 4 heteroatoms. The third kappa shape index (κ3) is 1.62. The van der Waals surface area contributed by atoms with Crippen LogP contribution >= 0.6 is 0 Å². The van der Waals surface area contributed by atoms with E-state index < -0.39 is 5.92 Å². The molecule has 0 bridgehead atoms. The van der Waals surface area contributed by atoms with E-state index in [-0.39, 0.29) is 35.4 Å². The van der Waals surface area contributed by atoms with Crippen LogP contribution in [0.25, 0.3) is 0 Å². The quantitative estimate of drug-likeness (QED) is 0.434. The molecule has 0 amide bonds. The standard InChI is InChI=1S/C14H20O4/c1-14-4-2-3-11(16)10(14)5-8-9(7-15)13(17)18-12(8)6-14/h7-12,16H,2-6H2,1H3/t8-,9?,10+,11-,12-,14-/m1/s1. The number of fused-ring (bicyclic) bond motifs is 2. The van der Waals surface area contributed by atoms with Crippen molar-refractivity contribution in [2.24, 2.45) is 23.2 Å². The van der Waals surface area contributed by atoms with Crippen LogP contribution in [0.5, 0.6) is 0 Å². The van der Waals surface area contributed by atoms with Gasteiger partial charge in [-0.05, 0) is 37.0 Å². The molecule has 1 N–H and O–H groups in total. The average molecular weight is 252 g/mol. The van der Waals surface area contributed by atoms with Gasteiger partial charge in [0.15, 0.2) is 0 Å². The molecule has 6 atom stereocenters. The molecule has 3 aliphatic rings. The number of carbonyl (C=O) groups is 2. The maximum absolute atomic E-state index is 11.6. The Morgan fingerprint density at radius 2 is 2.28 bits per heavy atom. The monoisotopic (exact) mass is 252 g/mol. The zero-order chi connectivity index (χ0) is 12.9. The Bertz CT molecular complexity index is 380. The molecule has 0 aromatic heterocycles. The highest BCUT2D eigenvalue weighted by Gasteiger charge is 2.56. The van der Waals surface area contributed by atoms with E-state index >= 15 is 0 Å². The number of aliphatic hydroxyl groups excluding tert-OH is 1. The second kappa shape index (κ2) is 4.05. The highest BCUT2D eigenvalue weighted by atomic mass is 16.6. The van der Waals surface area contributed by atoms with Crippen LogP contribution in [0.3, 0.4) is 0 Å². The lowest BCUT2D eigenvalue weighted by atomic mass is 9.55. The van der Waals surface area contributed by atoms with Crippen LogP contribution < -0.4 is 0 Å². The second-order valence-corrected chi connectivity index (χ2v) is 6.46. The molecule has 0 spiro atoms. The minimum atomic E-state index is -0.603. The SMILES string of the molecule is C[C@]12CCC[C@@H](O)[C@@H]1C[C@@H]1C(C=O)C(=O)O[C@@H]1C2. The maximum atomic E-state index is 11.6. The van der Waals surface area contributed by atoms with Crippen LogP contribution in [0.2, 0.25) is 0 Å². The van der Waals surface area contributed by atoms with Gasteiger partial charge in [0.2, 0.25) is 0 Å². The number of rotatable bonds is 1. The van der Waals surface area contributed by atoms with E-state index in [9.17, 15) is 14.7 Å². The number of hydrogen-bond donors (Lipinski definition) is 1. The number of carbonyl (C=O) groups excluding carboxylic acids is 2. The van der Waals surface area contributed by atoms with Crippen LogP contribution in [0.4, 0.5) is 0 Å². The summed E-state index contributed by atoms with van der Waals surface area (Å²) in [5.41, 5.74) is 0.0664. The Kier molecular flexibility index (Phi) is 2.73. The van der Waals surface area contributed by atoms with Gasteiger partial charge in [-0.1, -0.05) is 13.3 Å². The maximum Gasteiger partial charge on any atom is 0.316 e. The van der Waals surface area contributed by atoms with Crippen molar-refractivity contribution in [3.05, 3.63) is 0 Å². The summed E-state index contributed by atoms with van der Waals surface area (Å²) in [6, 6.07) is 0. The third-order valence-corrected chi connectivity index (χ3v) is 5.43. The van der Waals surface area contributed by atoms with Gasteiger partial charge in [-0.2, -0.15) is 0 Å². The molecule has 0 radical (unpaired) electrons. The molecule has 3 fully saturated rings. The van der Waals surface area contributed by atoms with Gasteiger partial charge >= 0.3 is 5.97 Å². The fourth-order valence-corrected chi connectivity index (χ4v) is 4.38. The van der Waals surface area contributed by atoms with Gasteiger partial charge in [-0.25, -0.2) is 0 Å². The largest absolute Gasteiger partial charge is 0.461 e. The minimum Gasteiger partial charge on any atom is -0.461 e. The smallest absolute Gasteiger partial charge is 0.316 e. The molecule has 0 aromatic rings. The lowest BCUT2D eigenvalue weighted by Gasteiger charge is -2.50. The van der Waals surface area contributed by atoms with E-state index in [1.807, 2.05) is 0 Å². The lowest BCUT2D eigenvalue weighted by molar-refractivity contribution is -0.147. The highest BCUT2D eigenvalue weighted by molar-refractivity contribution is 5.90. The van der Waals surface area contributed by atoms with Gasteiger partial charge in [0.25, 0.3) is 0 Å². The number of aldehydes is 1. The van der Waals surface area contributed by atoms with Gasteiger partial charge in [-0.15, -0.1) is 0 Å². The Labute approximate surface area is 107 Å². The molecule has 4 nitrogen and oxygen atoms in total. The average Bonchev–Trinajstić information content (AvgIpc) is 2.60. The van der Waals surface area contributed by atoms with E-state index in [0.717, 1.165) is 38.4 Å². The van der Waals surface area contributed by atoms with Gasteiger partial charge in [-0.3, -0.25) is 4.79 Å². The summed E-state index contributed by atoms with van der Waals surface area (Å²) >= 11 is 0. The Morgan fingerprint density at radius 1 is 1.50 bits per heavy atom. The van der Waals surface area contributed by atoms with Crippen molar-refractivity contribution in [1.29, 1.82) is 0 Å². The zero-order valence-corrected chi connectivity index (χ0v) is 10.7. The first kappa shape index (κ1) is 12.2. The first-order chi connectivity index (χ1) is 8.55. The number of esters is 1. The minimum absolute atomic E-state index is 0.0131. The molecule has 1 aliphatic heterocycles. The van der Waals surface area contributed by atoms with E-state index in [2.05, 4.69) is 6.92 Å². The van der Waals surface area contributed by atoms with Crippen molar-refractivity contribution in [3.8, 4) is 0 Å². The van der Waals surface area contributed by atoms with Gasteiger partial charge in [0.1, 0.15) is 18.3 Å². The van der Waals surface area contributed by atoms with Crippen molar-refractivity contribution in [2.75, 3.05) is 0 Å². The first-order valence-electron chi connectivity index (χ1n) is 6.89. The third-order valence-electron chi connectivity index (χ3n) is 5.43. The summed E-state index contributed by atoms with van der Waals surface area (Å²) in [6.07, 6.45) is 4.85. The van der Waals surface area contributed by atoms with Crippen LogP contribution in [-0.2, 0) is 14.3 Å². The van der Waals surface area contributed by atoms with Crippen molar-refractivity contribution in [2.45, 2.75) is 51.2 Å². The van der Waals surface area contributed by atoms with E-state index in [0.29, 0.717) is 0 Å². The summed E-state index contributed by atoms with van der Waals surface area (Å²) in [4.78, 5) is 22.7. The van der Waals surface area contributed by atoms with Gasteiger partial charge in [0, 0.05) is 5.92 Å². The van der Waals surface area contributed by atoms with Gasteiger partial charge < -0.3 is 14.6 Å². The molecule has 1 saturated heterocycles. The van der Waals surface area contributed by atoms with Crippen molar-refractivity contribution >= 4 is 12.3 Å². The number of hydrogen-bond acceptors (Lipinski definition) is 4. The molecule has 1 heterocycles. The fourth-order valence-electron chi connectivity index (χ4n) is 4.38. The molecular formula is C14H20O4. The molecule has 18 heavy (non-hydrogen) atoms. The molecule has 0 aromatic carbocycles. The number of ether oxygens (including phenoxy) is 1. The Morgan fingerprint density at radius 3 is 3.00 bits per heavy atom. The lowest BCUT2D eigenvalue weighted by Crippen LogP contribution is -2.49. The molecule has 2 aliphatic carbocycles. The molecule has 2 saturated carbocycles. The van der Waals surface area contributed by atoms with E-state index in [1.54, 1.807) is 0 Å². The van der Waals surface area contributed by atoms with Crippen LogP contribution in [0.15, 0.2) is 0 Å². The normalized spacial score (nSPS) is 51.2. The zero-order valence-electron chi connectivity index (χ0n) is 10.7. The second-order valence-electron chi connectivity index (χ2n) is 6.46. The molecule has 3 rings (SSSR count). The Hall–Kier alpha value is -0.900. The predicted octanol–water partition coefficient (Wildman–Crippen LogP) is 1.30. The Balaban J connectivity index is 1.87. The summed E-state index contributed by atoms with van der Waals surface area (Å²) in [5.74, 6) is -0.768. The summed E-state index contributed by atoms with van der Waals surface area (Å²) in [7, 11) is 0.